The molecule has 0 spiro atoms. The van der Waals surface area contributed by atoms with E-state index in [1.807, 2.05) is 18.2 Å². The molecule has 3 aromatic rings. The number of hydrogen-bond donors (Lipinski definition) is 1. The number of anilines is 2. The number of carbonyl (C=O) groups excluding carboxylic acids is 1. The lowest BCUT2D eigenvalue weighted by Crippen LogP contribution is -2.38. The quantitative estimate of drug-likeness (QED) is 0.755. The zero-order valence-corrected chi connectivity index (χ0v) is 15.3. The van der Waals surface area contributed by atoms with Gasteiger partial charge in [0.15, 0.2) is 10.9 Å². The first-order valence-corrected chi connectivity index (χ1v) is 9.57. The van der Waals surface area contributed by atoms with Crippen LogP contribution in [0.15, 0.2) is 46.3 Å². The highest BCUT2D eigenvalue weighted by Crippen LogP contribution is 2.30. The van der Waals surface area contributed by atoms with Crippen LogP contribution in [0.2, 0.25) is 0 Å². The Morgan fingerprint density at radius 2 is 2.04 bits per heavy atom. The van der Waals surface area contributed by atoms with Gasteiger partial charge >= 0.3 is 0 Å². The summed E-state index contributed by atoms with van der Waals surface area (Å²) in [5.41, 5.74) is 2.14. The van der Waals surface area contributed by atoms with Crippen LogP contribution in [0.1, 0.15) is 18.6 Å². The second-order valence-electron chi connectivity index (χ2n) is 6.45. The van der Waals surface area contributed by atoms with Gasteiger partial charge in [-0.3, -0.25) is 4.79 Å². The second kappa shape index (κ2) is 7.29. The zero-order valence-electron chi connectivity index (χ0n) is 14.5. The minimum atomic E-state index is -0.00295. The fourth-order valence-corrected chi connectivity index (χ4v) is 4.03. The molecule has 6 nitrogen and oxygen atoms in total. The minimum absolute atomic E-state index is 0.00295. The first-order chi connectivity index (χ1) is 12.7. The van der Waals surface area contributed by atoms with Crippen LogP contribution in [0.4, 0.5) is 10.9 Å². The van der Waals surface area contributed by atoms with Gasteiger partial charge < -0.3 is 14.7 Å². The summed E-state index contributed by atoms with van der Waals surface area (Å²) in [5.74, 6) is 1.19. The fraction of sp³-hybridized carbons (Fsp3) is 0.316. The van der Waals surface area contributed by atoms with E-state index in [1.54, 1.807) is 24.3 Å². The van der Waals surface area contributed by atoms with E-state index in [-0.39, 0.29) is 11.8 Å². The highest BCUT2D eigenvalue weighted by molar-refractivity contribution is 7.14. The van der Waals surface area contributed by atoms with Crippen LogP contribution in [0.3, 0.4) is 0 Å². The summed E-state index contributed by atoms with van der Waals surface area (Å²) >= 11 is 1.66. The monoisotopic (exact) mass is 368 g/mol. The van der Waals surface area contributed by atoms with Gasteiger partial charge in [-0.25, -0.2) is 4.98 Å². The summed E-state index contributed by atoms with van der Waals surface area (Å²) in [4.78, 5) is 19.4. The van der Waals surface area contributed by atoms with Crippen molar-refractivity contribution in [2.24, 2.45) is 5.92 Å². The van der Waals surface area contributed by atoms with Crippen molar-refractivity contribution < 1.29 is 9.32 Å². The molecular formula is C19H20N4O2S. The van der Waals surface area contributed by atoms with E-state index in [2.05, 4.69) is 32.9 Å². The van der Waals surface area contributed by atoms with E-state index < -0.39 is 0 Å². The van der Waals surface area contributed by atoms with E-state index >= 15 is 0 Å². The average molecular weight is 368 g/mol. The van der Waals surface area contributed by atoms with Gasteiger partial charge in [0.2, 0.25) is 5.91 Å². The van der Waals surface area contributed by atoms with Crippen LogP contribution in [0.25, 0.3) is 11.3 Å². The number of piperidine rings is 1. The highest BCUT2D eigenvalue weighted by atomic mass is 32.1. The summed E-state index contributed by atoms with van der Waals surface area (Å²) in [7, 11) is 0. The van der Waals surface area contributed by atoms with Gasteiger partial charge in [-0.15, -0.1) is 11.3 Å². The van der Waals surface area contributed by atoms with Gasteiger partial charge in [0, 0.05) is 36.0 Å². The van der Waals surface area contributed by atoms with Gasteiger partial charge in [0.05, 0.1) is 5.69 Å². The number of aryl methyl sites for hydroxylation is 1. The molecule has 0 saturated carbocycles. The lowest BCUT2D eigenvalue weighted by molar-refractivity contribution is -0.120. The third-order valence-electron chi connectivity index (χ3n) is 4.58. The first-order valence-electron chi connectivity index (χ1n) is 8.69. The molecule has 26 heavy (non-hydrogen) atoms. The smallest absolute Gasteiger partial charge is 0.228 e. The molecule has 1 aliphatic rings. The maximum atomic E-state index is 12.4. The molecule has 0 bridgehead atoms. The molecule has 1 N–H and O–H groups in total. The molecule has 1 amide bonds. The van der Waals surface area contributed by atoms with E-state index in [0.29, 0.717) is 11.6 Å². The molecule has 0 radical (unpaired) electrons. The summed E-state index contributed by atoms with van der Waals surface area (Å²) in [5, 5.41) is 9.77. The van der Waals surface area contributed by atoms with Crippen molar-refractivity contribution >= 4 is 28.2 Å². The number of carbonyl (C=O) groups is 1. The summed E-state index contributed by atoms with van der Waals surface area (Å²) < 4.78 is 4.99. The molecule has 134 valence electrons. The third kappa shape index (κ3) is 3.62. The molecule has 2 aromatic heterocycles. The van der Waals surface area contributed by atoms with Crippen LogP contribution in [-0.2, 0) is 4.79 Å². The largest absolute Gasteiger partial charge is 0.360 e. The van der Waals surface area contributed by atoms with Crippen LogP contribution in [-0.4, -0.2) is 29.1 Å². The van der Waals surface area contributed by atoms with Crippen molar-refractivity contribution in [3.63, 3.8) is 0 Å². The standard InChI is InChI=1S/C19H20N4O2S/c1-13-11-17(22-25-13)21-18(24)15-7-9-23(10-8-15)19-20-16(12-26-19)14-5-3-2-4-6-14/h2-6,11-12,15H,7-10H2,1H3,(H,21,22,24). The van der Waals surface area contributed by atoms with E-state index in [4.69, 9.17) is 9.51 Å². The topological polar surface area (TPSA) is 71.3 Å². The minimum Gasteiger partial charge on any atom is -0.360 e. The van der Waals surface area contributed by atoms with E-state index in [0.717, 1.165) is 42.3 Å². The highest BCUT2D eigenvalue weighted by Gasteiger charge is 2.27. The number of nitrogens with zero attached hydrogens (tertiary/aromatic N) is 3. The van der Waals surface area contributed by atoms with Crippen molar-refractivity contribution in [3.8, 4) is 11.3 Å². The SMILES string of the molecule is Cc1cc(NC(=O)C2CCN(c3nc(-c4ccccc4)cs3)CC2)no1. The Morgan fingerprint density at radius 1 is 1.27 bits per heavy atom. The summed E-state index contributed by atoms with van der Waals surface area (Å²) in [6.45, 7) is 3.47. The molecule has 1 fully saturated rings. The van der Waals surface area contributed by atoms with E-state index in [1.165, 1.54) is 0 Å². The molecule has 4 rings (SSSR count). The molecule has 0 unspecified atom stereocenters. The Labute approximate surface area is 155 Å². The average Bonchev–Trinajstić information content (AvgIpc) is 3.32. The van der Waals surface area contributed by atoms with Crippen molar-refractivity contribution in [2.75, 3.05) is 23.3 Å². The lowest BCUT2D eigenvalue weighted by atomic mass is 9.96. The number of aromatic nitrogens is 2. The normalized spacial score (nSPS) is 15.2. The maximum absolute atomic E-state index is 12.4. The molecule has 1 saturated heterocycles. The van der Waals surface area contributed by atoms with Gasteiger partial charge in [-0.2, -0.15) is 0 Å². The number of benzene rings is 1. The lowest BCUT2D eigenvalue weighted by Gasteiger charge is -2.30. The maximum Gasteiger partial charge on any atom is 0.228 e. The summed E-state index contributed by atoms with van der Waals surface area (Å²) in [6.07, 6.45) is 1.62. The van der Waals surface area contributed by atoms with Gasteiger partial charge in [-0.1, -0.05) is 35.5 Å². The Kier molecular flexibility index (Phi) is 4.71. The van der Waals surface area contributed by atoms with Gasteiger partial charge in [-0.05, 0) is 19.8 Å². The summed E-state index contributed by atoms with van der Waals surface area (Å²) in [6, 6.07) is 11.9. The Morgan fingerprint density at radius 3 is 2.73 bits per heavy atom. The van der Waals surface area contributed by atoms with Crippen LogP contribution < -0.4 is 10.2 Å². The Hall–Kier alpha value is -2.67. The van der Waals surface area contributed by atoms with Crippen molar-refractivity contribution in [3.05, 3.63) is 47.5 Å². The fourth-order valence-electron chi connectivity index (χ4n) is 3.14. The number of rotatable bonds is 4. The third-order valence-corrected chi connectivity index (χ3v) is 5.48. The molecule has 0 atom stereocenters. The van der Waals surface area contributed by atoms with Crippen molar-refractivity contribution in [1.29, 1.82) is 0 Å². The zero-order chi connectivity index (χ0) is 17.9. The van der Waals surface area contributed by atoms with Crippen LogP contribution >= 0.6 is 11.3 Å². The number of thiazole rings is 1. The molecule has 7 heteroatoms. The first kappa shape index (κ1) is 16.8. The second-order valence-corrected chi connectivity index (χ2v) is 7.29. The van der Waals surface area contributed by atoms with Crippen LogP contribution in [0.5, 0.6) is 0 Å². The molecule has 1 aliphatic heterocycles. The molecular weight excluding hydrogens is 348 g/mol. The predicted octanol–water partition coefficient (Wildman–Crippen LogP) is 3.96. The van der Waals surface area contributed by atoms with Crippen LogP contribution in [0, 0.1) is 12.8 Å². The molecule has 3 heterocycles. The van der Waals surface area contributed by atoms with Crippen molar-refractivity contribution in [2.45, 2.75) is 19.8 Å². The van der Waals surface area contributed by atoms with Gasteiger partial charge in [0.1, 0.15) is 5.76 Å². The Bertz CT molecular complexity index is 882. The predicted molar refractivity (Wildman–Crippen MR) is 102 cm³/mol. The van der Waals surface area contributed by atoms with Gasteiger partial charge in [0.25, 0.3) is 0 Å². The van der Waals surface area contributed by atoms with E-state index in [9.17, 15) is 4.79 Å². The van der Waals surface area contributed by atoms with Crippen molar-refractivity contribution in [1.82, 2.24) is 10.1 Å². The number of hydrogen-bond acceptors (Lipinski definition) is 6. The Balaban J connectivity index is 1.35. The number of nitrogens with one attached hydrogen (secondary N) is 1. The molecule has 0 aliphatic carbocycles. The number of amides is 1. The molecule has 1 aromatic carbocycles.